The monoisotopic (exact) mass is 902 g/mol. The number of carbonyl (C=O) groups excluding carboxylic acids is 8. The minimum absolute atomic E-state index is 0.116. The summed E-state index contributed by atoms with van der Waals surface area (Å²) in [5.41, 5.74) is -2.13. The Hall–Kier alpha value is -5.80. The second-order valence-corrected chi connectivity index (χ2v) is 16.5. The largest absolute Gasteiger partial charge is 0.465 e. The Morgan fingerprint density at radius 1 is 0.281 bits per heavy atom. The van der Waals surface area contributed by atoms with Crippen LogP contribution in [0.25, 0.3) is 0 Å². The van der Waals surface area contributed by atoms with Gasteiger partial charge in [0.05, 0.1) is 0 Å². The van der Waals surface area contributed by atoms with Crippen LogP contribution in [0.2, 0.25) is 0 Å². The van der Waals surface area contributed by atoms with Gasteiger partial charge in [-0.25, -0.2) is 28.8 Å². The average Bonchev–Trinajstić information content (AvgIpc) is 3.24. The fraction of sp³-hybridized carbons (Fsp3) is 0.583. The molecule has 0 radical (unpaired) electrons. The van der Waals surface area contributed by atoms with Crippen molar-refractivity contribution in [3.63, 3.8) is 0 Å². The Kier molecular flexibility index (Phi) is 28.3. The van der Waals surface area contributed by atoms with Crippen molar-refractivity contribution in [2.75, 3.05) is 52.9 Å². The fourth-order valence-electron chi connectivity index (χ4n) is 5.12. The summed E-state index contributed by atoms with van der Waals surface area (Å²) in [5, 5.41) is 0. The zero-order chi connectivity index (χ0) is 48.9. The Morgan fingerprint density at radius 2 is 0.438 bits per heavy atom. The molecule has 0 unspecified atom stereocenters. The summed E-state index contributed by atoms with van der Waals surface area (Å²) in [6.07, 6.45) is 8.68. The van der Waals surface area contributed by atoms with Gasteiger partial charge in [-0.3, -0.25) is 9.59 Å². The van der Waals surface area contributed by atoms with Crippen LogP contribution in [0.15, 0.2) is 72.9 Å². The third kappa shape index (κ3) is 26.0. The van der Waals surface area contributed by atoms with Crippen LogP contribution >= 0.6 is 0 Å². The van der Waals surface area contributed by atoms with Crippen LogP contribution < -0.4 is 0 Å². The van der Waals surface area contributed by atoms with Gasteiger partial charge in [-0.05, 0) is 54.4 Å². The smallest absolute Gasteiger partial charge is 0.333 e. The van der Waals surface area contributed by atoms with E-state index in [1.54, 1.807) is 0 Å². The van der Waals surface area contributed by atoms with Gasteiger partial charge in [0, 0.05) is 46.3 Å². The molecule has 16 nitrogen and oxygen atoms in total. The van der Waals surface area contributed by atoms with Gasteiger partial charge in [-0.15, -0.1) is 0 Å². The van der Waals surface area contributed by atoms with E-state index in [0.717, 1.165) is 51.4 Å². The fourth-order valence-corrected chi connectivity index (χ4v) is 5.12. The summed E-state index contributed by atoms with van der Waals surface area (Å²) >= 11 is 0. The lowest BCUT2D eigenvalue weighted by atomic mass is 9.92. The van der Waals surface area contributed by atoms with Crippen LogP contribution in [0.1, 0.15) is 119 Å². The van der Waals surface area contributed by atoms with Crippen molar-refractivity contribution in [1.82, 2.24) is 0 Å². The molecule has 0 aromatic heterocycles. The molecule has 0 saturated heterocycles. The first-order valence-corrected chi connectivity index (χ1v) is 21.2. The molecule has 0 heterocycles. The predicted octanol–water partition coefficient (Wildman–Crippen LogP) is 7.44. The number of carbonyl (C=O) groups is 8. The minimum Gasteiger partial charge on any atom is -0.465 e. The van der Waals surface area contributed by atoms with E-state index in [-0.39, 0.29) is 59.5 Å². The van der Waals surface area contributed by atoms with Gasteiger partial charge in [0.25, 0.3) is 0 Å². The number of rotatable bonds is 35. The minimum atomic E-state index is -1.41. The van der Waals surface area contributed by atoms with Crippen LogP contribution in [-0.4, -0.2) is 101 Å². The average molecular weight is 903 g/mol. The molecule has 16 heteroatoms. The lowest BCUT2D eigenvalue weighted by molar-refractivity contribution is -0.170. The molecule has 0 spiro atoms. The molecule has 0 N–H and O–H groups in total. The number of ether oxygens (including phenoxy) is 8. The number of hydrogen-bond donors (Lipinski definition) is 0. The topological polar surface area (TPSA) is 210 Å². The van der Waals surface area contributed by atoms with E-state index in [9.17, 15) is 38.4 Å². The molecule has 0 bridgehead atoms. The van der Waals surface area contributed by atoms with E-state index in [0.29, 0.717) is 12.8 Å². The first-order chi connectivity index (χ1) is 30.0. The van der Waals surface area contributed by atoms with Crippen LogP contribution in [0, 0.1) is 10.8 Å². The van der Waals surface area contributed by atoms with Gasteiger partial charge in [-0.1, -0.05) is 90.8 Å². The van der Waals surface area contributed by atoms with E-state index in [1.165, 1.54) is 41.5 Å². The first kappa shape index (κ1) is 58.2. The predicted molar refractivity (Wildman–Crippen MR) is 237 cm³/mol. The summed E-state index contributed by atoms with van der Waals surface area (Å²) in [6.45, 7) is 26.9. The molecule has 0 atom stereocenters. The highest BCUT2D eigenvalue weighted by atomic mass is 16.6. The summed E-state index contributed by atoms with van der Waals surface area (Å²) in [4.78, 5) is 98.8. The lowest BCUT2D eigenvalue weighted by Crippen LogP contribution is -2.44. The van der Waals surface area contributed by atoms with E-state index in [1.807, 2.05) is 0 Å². The molecule has 0 rings (SSSR count). The summed E-state index contributed by atoms with van der Waals surface area (Å²) < 4.78 is 43.0. The standard InChI is InChI=1S/C48H70O16/c1-33(2)41(51)59-27-47(28-60-42(52)34(3)4,29-61-43(53)35(5)6)25-57-39(49)23-21-19-17-15-13-14-16-18-20-22-24-40(50)58-26-48(30-62-44(54)36(7)8,31-63-45(55)37(9)10)32-64-46(56)38(11)12/h1,3,5,7,9,11,13-32H2,2,4,6,8,10,12H3. The van der Waals surface area contributed by atoms with Crippen molar-refractivity contribution >= 4 is 47.8 Å². The summed E-state index contributed by atoms with van der Waals surface area (Å²) in [7, 11) is 0. The van der Waals surface area contributed by atoms with Gasteiger partial charge < -0.3 is 37.9 Å². The van der Waals surface area contributed by atoms with Crippen molar-refractivity contribution in [2.24, 2.45) is 10.8 Å². The van der Waals surface area contributed by atoms with Gasteiger partial charge in [0.1, 0.15) is 63.7 Å². The lowest BCUT2D eigenvalue weighted by Gasteiger charge is -2.31. The molecular formula is C48H70O16. The molecule has 0 saturated carbocycles. The molecule has 0 aromatic carbocycles. The molecule has 0 aliphatic heterocycles. The van der Waals surface area contributed by atoms with Crippen molar-refractivity contribution in [2.45, 2.75) is 119 Å². The van der Waals surface area contributed by atoms with Gasteiger partial charge in [0.2, 0.25) is 0 Å². The maximum Gasteiger partial charge on any atom is 0.333 e. The van der Waals surface area contributed by atoms with Crippen LogP contribution in [-0.2, 0) is 76.3 Å². The number of esters is 8. The van der Waals surface area contributed by atoms with Crippen molar-refractivity contribution in [1.29, 1.82) is 0 Å². The second kappa shape index (κ2) is 31.1. The Bertz CT molecular complexity index is 1440. The molecule has 0 amide bonds. The first-order valence-electron chi connectivity index (χ1n) is 21.2. The Labute approximate surface area is 378 Å². The van der Waals surface area contributed by atoms with Crippen LogP contribution in [0.5, 0.6) is 0 Å². The van der Waals surface area contributed by atoms with E-state index in [2.05, 4.69) is 39.5 Å². The summed E-state index contributed by atoms with van der Waals surface area (Å²) in [6, 6.07) is 0. The van der Waals surface area contributed by atoms with Crippen LogP contribution in [0.4, 0.5) is 0 Å². The molecular weight excluding hydrogens is 833 g/mol. The van der Waals surface area contributed by atoms with Crippen molar-refractivity contribution < 1.29 is 76.3 Å². The molecule has 0 aliphatic carbocycles. The van der Waals surface area contributed by atoms with Gasteiger partial charge in [-0.2, -0.15) is 0 Å². The normalized spacial score (nSPS) is 10.9. The summed E-state index contributed by atoms with van der Waals surface area (Å²) in [5.74, 6) is -5.40. The Balaban J connectivity index is 4.90. The third-order valence-electron chi connectivity index (χ3n) is 9.24. The number of unbranched alkanes of at least 4 members (excludes halogenated alkanes) is 9. The molecule has 0 aliphatic rings. The van der Waals surface area contributed by atoms with Crippen molar-refractivity contribution in [3.8, 4) is 0 Å². The van der Waals surface area contributed by atoms with Crippen LogP contribution in [0.3, 0.4) is 0 Å². The highest BCUT2D eigenvalue weighted by molar-refractivity contribution is 5.89. The SMILES string of the molecule is C=C(C)C(=O)OCC(COC(=O)CCCCCCCCCCCCC(=O)OCC(COC(=O)C(=C)C)(COC(=O)C(=C)C)COC(=O)C(=C)C)(COC(=O)C(=C)C)COC(=O)C(=C)C. The van der Waals surface area contributed by atoms with E-state index >= 15 is 0 Å². The molecule has 358 valence electrons. The second-order valence-electron chi connectivity index (χ2n) is 16.5. The highest BCUT2D eigenvalue weighted by Gasteiger charge is 2.39. The van der Waals surface area contributed by atoms with Gasteiger partial charge >= 0.3 is 47.8 Å². The molecule has 0 aromatic rings. The van der Waals surface area contributed by atoms with Gasteiger partial charge in [0.15, 0.2) is 0 Å². The quantitative estimate of drug-likeness (QED) is 0.0262. The van der Waals surface area contributed by atoms with Crippen molar-refractivity contribution in [3.05, 3.63) is 72.9 Å². The third-order valence-corrected chi connectivity index (χ3v) is 9.24. The maximum atomic E-state index is 12.7. The zero-order valence-electron chi connectivity index (χ0n) is 38.9. The van der Waals surface area contributed by atoms with E-state index in [4.69, 9.17) is 37.9 Å². The molecule has 0 fully saturated rings. The maximum absolute atomic E-state index is 12.7. The highest BCUT2D eigenvalue weighted by Crippen LogP contribution is 2.25. The Morgan fingerprint density at radius 3 is 0.609 bits per heavy atom. The zero-order valence-corrected chi connectivity index (χ0v) is 38.9. The molecule has 64 heavy (non-hydrogen) atoms. The van der Waals surface area contributed by atoms with E-state index < -0.39 is 98.2 Å². The number of hydrogen-bond acceptors (Lipinski definition) is 16.